The van der Waals surface area contributed by atoms with E-state index in [9.17, 15) is 0 Å². The van der Waals surface area contributed by atoms with Gasteiger partial charge in [0, 0.05) is 6.54 Å². The lowest BCUT2D eigenvalue weighted by Crippen LogP contribution is -2.51. The zero-order chi connectivity index (χ0) is 8.91. The Bertz CT molecular complexity index is 102. The molecule has 68 valence electrons. The van der Waals surface area contributed by atoms with E-state index < -0.39 is 11.6 Å². The van der Waals surface area contributed by atoms with Crippen LogP contribution in [0.3, 0.4) is 0 Å². The van der Waals surface area contributed by atoms with E-state index in [-0.39, 0.29) is 13.2 Å². The third kappa shape index (κ3) is 4.31. The van der Waals surface area contributed by atoms with Gasteiger partial charge in [-0.05, 0) is 13.8 Å². The minimum absolute atomic E-state index is 0.143. The van der Waals surface area contributed by atoms with Gasteiger partial charge in [0.25, 0.3) is 0 Å². The Labute approximate surface area is 66.9 Å². The fourth-order valence-electron chi connectivity index (χ4n) is 0.556. The summed E-state index contributed by atoms with van der Waals surface area (Å²) in [5.74, 6) is 0. The molecule has 0 aromatic rings. The summed E-state index contributed by atoms with van der Waals surface area (Å²) in [5, 5.41) is 29.3. The third-order valence-electron chi connectivity index (χ3n) is 1.52. The average Bonchev–Trinajstić information content (AvgIpc) is 2.00. The molecule has 0 fully saturated rings. The van der Waals surface area contributed by atoms with Crippen molar-refractivity contribution >= 4 is 0 Å². The van der Waals surface area contributed by atoms with Crippen molar-refractivity contribution in [1.82, 2.24) is 5.32 Å². The quantitative estimate of drug-likeness (QED) is 0.406. The van der Waals surface area contributed by atoms with Crippen LogP contribution in [0.4, 0.5) is 0 Å². The van der Waals surface area contributed by atoms with Gasteiger partial charge < -0.3 is 20.6 Å². The van der Waals surface area contributed by atoms with Crippen molar-refractivity contribution in [3.63, 3.8) is 0 Å². The predicted octanol–water partition coefficient (Wildman–Crippen LogP) is -1.30. The van der Waals surface area contributed by atoms with Gasteiger partial charge in [-0.1, -0.05) is 0 Å². The maximum absolute atomic E-state index is 8.88. The van der Waals surface area contributed by atoms with Crippen molar-refractivity contribution < 1.29 is 15.3 Å². The highest BCUT2D eigenvalue weighted by Gasteiger charge is 2.21. The Morgan fingerprint density at radius 3 is 2.09 bits per heavy atom. The van der Waals surface area contributed by atoms with Crippen LogP contribution in [-0.2, 0) is 0 Å². The standard InChI is InChI=1S/C7H17NO3/c1-6(11)3-8-7(2,4-9)5-10/h6,8-11H,3-5H2,1-2H3/t6-/m0/s1. The molecule has 0 aliphatic rings. The molecular weight excluding hydrogens is 146 g/mol. The second-order valence-electron chi connectivity index (χ2n) is 3.11. The molecule has 0 spiro atoms. The fourth-order valence-corrected chi connectivity index (χ4v) is 0.556. The lowest BCUT2D eigenvalue weighted by Gasteiger charge is -2.26. The highest BCUT2D eigenvalue weighted by Crippen LogP contribution is 1.99. The summed E-state index contributed by atoms with van der Waals surface area (Å²) in [7, 11) is 0. The highest BCUT2D eigenvalue weighted by molar-refractivity contribution is 4.81. The van der Waals surface area contributed by atoms with Gasteiger partial charge >= 0.3 is 0 Å². The summed E-state index contributed by atoms with van der Waals surface area (Å²) in [5.41, 5.74) is -0.684. The van der Waals surface area contributed by atoms with Crippen molar-refractivity contribution in [1.29, 1.82) is 0 Å². The molecule has 11 heavy (non-hydrogen) atoms. The number of hydrogen-bond acceptors (Lipinski definition) is 4. The van der Waals surface area contributed by atoms with E-state index in [0.29, 0.717) is 6.54 Å². The van der Waals surface area contributed by atoms with Gasteiger partial charge in [-0.2, -0.15) is 0 Å². The van der Waals surface area contributed by atoms with Crippen LogP contribution in [-0.4, -0.2) is 46.7 Å². The van der Waals surface area contributed by atoms with Crippen LogP contribution in [0, 0.1) is 0 Å². The largest absolute Gasteiger partial charge is 0.394 e. The molecule has 0 aromatic heterocycles. The zero-order valence-electron chi connectivity index (χ0n) is 7.04. The van der Waals surface area contributed by atoms with Gasteiger partial charge in [-0.25, -0.2) is 0 Å². The molecule has 0 radical (unpaired) electrons. The minimum atomic E-state index is -0.684. The van der Waals surface area contributed by atoms with E-state index in [1.165, 1.54) is 0 Å². The minimum Gasteiger partial charge on any atom is -0.394 e. The number of nitrogens with one attached hydrogen (secondary N) is 1. The van der Waals surface area contributed by atoms with Gasteiger partial charge in [0.15, 0.2) is 0 Å². The molecule has 0 bridgehead atoms. The van der Waals surface area contributed by atoms with Crippen molar-refractivity contribution in [3.05, 3.63) is 0 Å². The number of aliphatic hydroxyl groups excluding tert-OH is 3. The van der Waals surface area contributed by atoms with Gasteiger partial charge in [0.05, 0.1) is 24.9 Å². The first kappa shape index (κ1) is 10.8. The molecule has 0 unspecified atom stereocenters. The first-order valence-electron chi connectivity index (χ1n) is 3.69. The smallest absolute Gasteiger partial charge is 0.0636 e. The zero-order valence-corrected chi connectivity index (χ0v) is 7.04. The summed E-state index contributed by atoms with van der Waals surface area (Å²) in [4.78, 5) is 0. The molecule has 0 aliphatic heterocycles. The summed E-state index contributed by atoms with van der Waals surface area (Å²) in [6, 6.07) is 0. The maximum Gasteiger partial charge on any atom is 0.0636 e. The molecule has 4 nitrogen and oxygen atoms in total. The van der Waals surface area contributed by atoms with Crippen LogP contribution in [0.25, 0.3) is 0 Å². The SMILES string of the molecule is C[C@H](O)CNC(C)(CO)CO. The maximum atomic E-state index is 8.88. The van der Waals surface area contributed by atoms with Crippen LogP contribution >= 0.6 is 0 Å². The van der Waals surface area contributed by atoms with Crippen molar-refractivity contribution in [2.75, 3.05) is 19.8 Å². The summed E-state index contributed by atoms with van der Waals surface area (Å²) in [6.07, 6.45) is -0.465. The number of β-amino-alcohol motifs (C(OH)–C–C–N with tert-alkyl or cyclic N) is 1. The number of aliphatic hydroxyl groups is 3. The molecule has 4 heteroatoms. The average molecular weight is 163 g/mol. The second-order valence-corrected chi connectivity index (χ2v) is 3.11. The Morgan fingerprint density at radius 2 is 1.82 bits per heavy atom. The molecule has 0 saturated heterocycles. The van der Waals surface area contributed by atoms with Crippen LogP contribution < -0.4 is 5.32 Å². The summed E-state index contributed by atoms with van der Waals surface area (Å²) in [6.45, 7) is 3.42. The molecule has 0 aromatic carbocycles. The Hall–Kier alpha value is -0.160. The van der Waals surface area contributed by atoms with E-state index in [4.69, 9.17) is 15.3 Å². The van der Waals surface area contributed by atoms with E-state index in [2.05, 4.69) is 5.32 Å². The highest BCUT2D eigenvalue weighted by atomic mass is 16.3. The number of hydrogen-bond donors (Lipinski definition) is 4. The first-order chi connectivity index (χ1) is 5.04. The Morgan fingerprint density at radius 1 is 1.36 bits per heavy atom. The van der Waals surface area contributed by atoms with Crippen LogP contribution in [0.1, 0.15) is 13.8 Å². The van der Waals surface area contributed by atoms with Gasteiger partial charge in [0.1, 0.15) is 0 Å². The van der Waals surface area contributed by atoms with E-state index in [1.54, 1.807) is 13.8 Å². The monoisotopic (exact) mass is 163 g/mol. The molecule has 0 saturated carbocycles. The second kappa shape index (κ2) is 4.66. The summed E-state index contributed by atoms with van der Waals surface area (Å²) >= 11 is 0. The Balaban J connectivity index is 3.69. The van der Waals surface area contributed by atoms with Crippen molar-refractivity contribution in [2.24, 2.45) is 0 Å². The van der Waals surface area contributed by atoms with Crippen LogP contribution in [0.15, 0.2) is 0 Å². The normalized spacial score (nSPS) is 15.0. The fraction of sp³-hybridized carbons (Fsp3) is 1.00. The topological polar surface area (TPSA) is 72.7 Å². The summed E-state index contributed by atoms with van der Waals surface area (Å²) < 4.78 is 0. The van der Waals surface area contributed by atoms with E-state index >= 15 is 0 Å². The third-order valence-corrected chi connectivity index (χ3v) is 1.52. The first-order valence-corrected chi connectivity index (χ1v) is 3.69. The van der Waals surface area contributed by atoms with E-state index in [0.717, 1.165) is 0 Å². The molecular formula is C7H17NO3. The molecule has 0 rings (SSSR count). The molecule has 1 atom stereocenters. The predicted molar refractivity (Wildman–Crippen MR) is 42.3 cm³/mol. The van der Waals surface area contributed by atoms with Gasteiger partial charge in [-0.3, -0.25) is 0 Å². The molecule has 4 N–H and O–H groups in total. The molecule has 0 heterocycles. The Kier molecular flexibility index (Phi) is 4.60. The van der Waals surface area contributed by atoms with E-state index in [1.807, 2.05) is 0 Å². The van der Waals surface area contributed by atoms with Gasteiger partial charge in [-0.15, -0.1) is 0 Å². The van der Waals surface area contributed by atoms with Gasteiger partial charge in [0.2, 0.25) is 0 Å². The molecule has 0 aliphatic carbocycles. The number of rotatable bonds is 5. The van der Waals surface area contributed by atoms with Crippen molar-refractivity contribution in [2.45, 2.75) is 25.5 Å². The van der Waals surface area contributed by atoms with Crippen LogP contribution in [0.2, 0.25) is 0 Å². The van der Waals surface area contributed by atoms with Crippen LogP contribution in [0.5, 0.6) is 0 Å². The van der Waals surface area contributed by atoms with Crippen molar-refractivity contribution in [3.8, 4) is 0 Å². The molecule has 0 amide bonds. The lowest BCUT2D eigenvalue weighted by atomic mass is 10.1. The lowest BCUT2D eigenvalue weighted by molar-refractivity contribution is 0.0883.